The van der Waals surface area contributed by atoms with Crippen LogP contribution in [-0.4, -0.2) is 35.1 Å². The third kappa shape index (κ3) is 3.01. The van der Waals surface area contributed by atoms with E-state index in [0.29, 0.717) is 11.3 Å². The Morgan fingerprint density at radius 3 is 2.70 bits per heavy atom. The predicted molar refractivity (Wildman–Crippen MR) is 78.1 cm³/mol. The van der Waals surface area contributed by atoms with Crippen molar-refractivity contribution in [2.75, 3.05) is 18.4 Å². The average molecular weight is 276 g/mol. The van der Waals surface area contributed by atoms with Crippen LogP contribution >= 0.6 is 0 Å². The average Bonchev–Trinajstić information content (AvgIpc) is 2.47. The fourth-order valence-electron chi connectivity index (χ4n) is 2.45. The molecule has 0 unspecified atom stereocenters. The zero-order valence-electron chi connectivity index (χ0n) is 11.6. The number of benzene rings is 1. The molecule has 0 spiro atoms. The molecule has 1 fully saturated rings. The van der Waals surface area contributed by atoms with Gasteiger partial charge in [-0.05, 0) is 37.8 Å². The van der Waals surface area contributed by atoms with Crippen molar-refractivity contribution in [3.63, 3.8) is 0 Å². The first-order valence-electron chi connectivity index (χ1n) is 6.77. The van der Waals surface area contributed by atoms with E-state index in [1.165, 1.54) is 6.42 Å². The third-order valence-corrected chi connectivity index (χ3v) is 3.52. The van der Waals surface area contributed by atoms with Gasteiger partial charge in [-0.3, -0.25) is 0 Å². The molecule has 2 amide bonds. The van der Waals surface area contributed by atoms with Gasteiger partial charge in [-0.1, -0.05) is 17.3 Å². The van der Waals surface area contributed by atoms with E-state index in [0.717, 1.165) is 31.5 Å². The smallest absolute Gasteiger partial charge is 0.321 e. The van der Waals surface area contributed by atoms with E-state index in [2.05, 4.69) is 10.5 Å². The largest absolute Gasteiger partial charge is 0.409 e. The van der Waals surface area contributed by atoms with Crippen LogP contribution in [0.5, 0.6) is 0 Å². The lowest BCUT2D eigenvalue weighted by molar-refractivity contribution is 0.200. The van der Waals surface area contributed by atoms with Crippen LogP contribution in [0.1, 0.15) is 30.4 Å². The number of urea groups is 1. The summed E-state index contributed by atoms with van der Waals surface area (Å²) in [6.45, 7) is 3.40. The van der Waals surface area contributed by atoms with Crippen LogP contribution < -0.4 is 11.1 Å². The van der Waals surface area contributed by atoms with E-state index in [4.69, 9.17) is 10.9 Å². The number of carbonyl (C=O) groups is 1. The molecule has 1 aliphatic heterocycles. The van der Waals surface area contributed by atoms with Crippen molar-refractivity contribution in [1.29, 1.82) is 0 Å². The number of hydrogen-bond acceptors (Lipinski definition) is 3. The van der Waals surface area contributed by atoms with Crippen molar-refractivity contribution in [2.45, 2.75) is 26.2 Å². The zero-order chi connectivity index (χ0) is 14.5. The Kier molecular flexibility index (Phi) is 4.45. The van der Waals surface area contributed by atoms with Gasteiger partial charge in [-0.15, -0.1) is 0 Å². The highest BCUT2D eigenvalue weighted by atomic mass is 16.4. The summed E-state index contributed by atoms with van der Waals surface area (Å²) >= 11 is 0. The summed E-state index contributed by atoms with van der Waals surface area (Å²) in [7, 11) is 0. The van der Waals surface area contributed by atoms with Gasteiger partial charge in [0.15, 0.2) is 5.84 Å². The second-order valence-corrected chi connectivity index (χ2v) is 4.96. The summed E-state index contributed by atoms with van der Waals surface area (Å²) in [5.74, 6) is -0.00274. The Hall–Kier alpha value is -2.24. The minimum Gasteiger partial charge on any atom is -0.409 e. The molecule has 0 atom stereocenters. The summed E-state index contributed by atoms with van der Waals surface area (Å²) < 4.78 is 0. The van der Waals surface area contributed by atoms with Crippen LogP contribution in [0.3, 0.4) is 0 Å². The summed E-state index contributed by atoms with van der Waals surface area (Å²) in [6.07, 6.45) is 3.24. The number of carbonyl (C=O) groups excluding carboxylic acids is 1. The first kappa shape index (κ1) is 14.2. The van der Waals surface area contributed by atoms with E-state index in [-0.39, 0.29) is 11.9 Å². The molecule has 1 aromatic carbocycles. The second-order valence-electron chi connectivity index (χ2n) is 4.96. The van der Waals surface area contributed by atoms with E-state index in [1.54, 1.807) is 11.0 Å². The molecule has 0 saturated carbocycles. The molecule has 1 heterocycles. The number of nitrogens with zero attached hydrogens (tertiary/aromatic N) is 2. The highest BCUT2D eigenvalue weighted by Gasteiger charge is 2.18. The number of hydrogen-bond donors (Lipinski definition) is 3. The number of aryl methyl sites for hydroxylation is 1. The molecule has 1 saturated heterocycles. The molecule has 108 valence electrons. The van der Waals surface area contributed by atoms with Gasteiger partial charge in [0.25, 0.3) is 0 Å². The maximum atomic E-state index is 12.2. The lowest BCUT2D eigenvalue weighted by atomic mass is 10.1. The highest BCUT2D eigenvalue weighted by Crippen LogP contribution is 2.20. The van der Waals surface area contributed by atoms with Crippen molar-refractivity contribution >= 4 is 17.6 Å². The van der Waals surface area contributed by atoms with Crippen LogP contribution in [0, 0.1) is 6.92 Å². The van der Waals surface area contributed by atoms with Crippen LogP contribution in [0.25, 0.3) is 0 Å². The zero-order valence-corrected chi connectivity index (χ0v) is 11.6. The molecular formula is C14H20N4O2. The van der Waals surface area contributed by atoms with Gasteiger partial charge >= 0.3 is 6.03 Å². The predicted octanol–water partition coefficient (Wildman–Crippen LogP) is 2.11. The Labute approximate surface area is 118 Å². The normalized spacial score (nSPS) is 16.1. The van der Waals surface area contributed by atoms with E-state index in [9.17, 15) is 4.79 Å². The molecule has 0 bridgehead atoms. The van der Waals surface area contributed by atoms with Crippen LogP contribution in [0.2, 0.25) is 0 Å². The molecule has 6 heteroatoms. The molecule has 0 radical (unpaired) electrons. The van der Waals surface area contributed by atoms with Gasteiger partial charge in [0.1, 0.15) is 0 Å². The molecule has 4 N–H and O–H groups in total. The van der Waals surface area contributed by atoms with Gasteiger partial charge in [0.2, 0.25) is 0 Å². The summed E-state index contributed by atoms with van der Waals surface area (Å²) in [5.41, 5.74) is 7.65. The van der Waals surface area contributed by atoms with Crippen molar-refractivity contribution in [1.82, 2.24) is 4.90 Å². The summed E-state index contributed by atoms with van der Waals surface area (Å²) in [4.78, 5) is 14.0. The Morgan fingerprint density at radius 1 is 1.35 bits per heavy atom. The Bertz CT molecular complexity index is 522. The molecular weight excluding hydrogens is 256 g/mol. The van der Waals surface area contributed by atoms with Crippen LogP contribution in [0.15, 0.2) is 23.4 Å². The minimum atomic E-state index is -0.137. The number of nitrogens with one attached hydrogen (secondary N) is 1. The molecule has 6 nitrogen and oxygen atoms in total. The lowest BCUT2D eigenvalue weighted by Crippen LogP contribution is -2.39. The van der Waals surface area contributed by atoms with E-state index >= 15 is 0 Å². The fourth-order valence-corrected chi connectivity index (χ4v) is 2.45. The number of oxime groups is 1. The van der Waals surface area contributed by atoms with E-state index in [1.807, 2.05) is 19.1 Å². The van der Waals surface area contributed by atoms with Crippen LogP contribution in [-0.2, 0) is 0 Å². The fraction of sp³-hybridized carbons (Fsp3) is 0.429. The quantitative estimate of drug-likeness (QED) is 0.334. The molecule has 0 aliphatic carbocycles. The van der Waals surface area contributed by atoms with E-state index < -0.39 is 0 Å². The van der Waals surface area contributed by atoms with Gasteiger partial charge in [0.05, 0.1) is 5.69 Å². The number of amidine groups is 1. The van der Waals surface area contributed by atoms with Crippen molar-refractivity contribution in [2.24, 2.45) is 10.9 Å². The Morgan fingerprint density at radius 2 is 2.05 bits per heavy atom. The highest BCUT2D eigenvalue weighted by molar-refractivity contribution is 6.06. The molecule has 0 aromatic heterocycles. The maximum absolute atomic E-state index is 12.2. The van der Waals surface area contributed by atoms with Gasteiger partial charge in [-0.2, -0.15) is 0 Å². The molecule has 1 aromatic rings. The van der Waals surface area contributed by atoms with Crippen molar-refractivity contribution < 1.29 is 10.0 Å². The summed E-state index contributed by atoms with van der Waals surface area (Å²) in [6, 6.07) is 5.30. The first-order chi connectivity index (χ1) is 9.63. The molecule has 2 rings (SSSR count). The SMILES string of the molecule is Cc1cccc(NC(=O)N2CCCCC2)c1/C(N)=N/O. The maximum Gasteiger partial charge on any atom is 0.321 e. The first-order valence-corrected chi connectivity index (χ1v) is 6.77. The number of likely N-dealkylation sites (tertiary alicyclic amines) is 1. The lowest BCUT2D eigenvalue weighted by Gasteiger charge is -2.27. The summed E-state index contributed by atoms with van der Waals surface area (Å²) in [5, 5.41) is 14.7. The van der Waals surface area contributed by atoms with Gasteiger partial charge in [0, 0.05) is 18.7 Å². The number of nitrogens with two attached hydrogens (primary N) is 1. The van der Waals surface area contributed by atoms with Gasteiger partial charge < -0.3 is 21.2 Å². The number of amides is 2. The van der Waals surface area contributed by atoms with Crippen LogP contribution in [0.4, 0.5) is 10.5 Å². The number of anilines is 1. The second kappa shape index (κ2) is 6.27. The number of piperidine rings is 1. The number of rotatable bonds is 2. The third-order valence-electron chi connectivity index (χ3n) is 3.52. The van der Waals surface area contributed by atoms with Crippen molar-refractivity contribution in [3.05, 3.63) is 29.3 Å². The topological polar surface area (TPSA) is 91.0 Å². The minimum absolute atomic E-state index is 0.00274. The Balaban J connectivity index is 2.20. The molecule has 20 heavy (non-hydrogen) atoms. The molecule has 1 aliphatic rings. The van der Waals surface area contributed by atoms with Crippen molar-refractivity contribution in [3.8, 4) is 0 Å². The monoisotopic (exact) mass is 276 g/mol. The van der Waals surface area contributed by atoms with Gasteiger partial charge in [-0.25, -0.2) is 4.79 Å². The standard InChI is InChI=1S/C14H20N4O2/c1-10-6-5-7-11(12(10)13(15)17-20)16-14(19)18-8-3-2-4-9-18/h5-7,20H,2-4,8-9H2,1H3,(H2,15,17)(H,16,19).